The van der Waals surface area contributed by atoms with E-state index in [9.17, 15) is 14.4 Å². The number of carbonyl (C=O) groups excluding carboxylic acids is 3. The molecule has 1 saturated heterocycles. The molecule has 2 aliphatic rings. The Morgan fingerprint density at radius 3 is 2.70 bits per heavy atom. The van der Waals surface area contributed by atoms with Crippen molar-refractivity contribution in [3.05, 3.63) is 24.3 Å². The van der Waals surface area contributed by atoms with Crippen LogP contribution in [0, 0.1) is 11.3 Å². The molecule has 1 saturated carbocycles. The second-order valence-corrected chi connectivity index (χ2v) is 9.47. The quantitative estimate of drug-likeness (QED) is 0.756. The minimum atomic E-state index is -0.908. The number of anilines is 1. The summed E-state index contributed by atoms with van der Waals surface area (Å²) in [7, 11) is 0. The number of urea groups is 1. The Balaban J connectivity index is 1.51. The molecule has 1 aromatic heterocycles. The number of nitrogens with one attached hydrogen (secondary N) is 2. The number of para-hydroxylation sites is 2. The lowest BCUT2D eigenvalue weighted by Crippen LogP contribution is -2.54. The number of nitrogens with zero attached hydrogens (tertiary/aromatic N) is 3. The smallest absolute Gasteiger partial charge is 0.323 e. The highest BCUT2D eigenvalue weighted by atomic mass is 16.2. The third-order valence-electron chi connectivity index (χ3n) is 6.15. The summed E-state index contributed by atoms with van der Waals surface area (Å²) in [4.78, 5) is 44.1. The fourth-order valence-corrected chi connectivity index (χ4v) is 5.45. The molecule has 2 N–H and O–H groups in total. The van der Waals surface area contributed by atoms with Gasteiger partial charge in [0.15, 0.2) is 0 Å². The zero-order valence-corrected chi connectivity index (χ0v) is 18.0. The molecule has 4 amide bonds. The predicted molar refractivity (Wildman–Crippen MR) is 114 cm³/mol. The summed E-state index contributed by atoms with van der Waals surface area (Å²) in [5, 5.41) is 5.68. The Morgan fingerprint density at radius 2 is 2.00 bits per heavy atom. The molecule has 1 aromatic carbocycles. The van der Waals surface area contributed by atoms with Crippen LogP contribution in [0.1, 0.15) is 47.0 Å². The average molecular weight is 412 g/mol. The lowest BCUT2D eigenvalue weighted by molar-refractivity contribution is -0.136. The number of aryl methyl sites for hydroxylation is 1. The summed E-state index contributed by atoms with van der Waals surface area (Å²) >= 11 is 0. The summed E-state index contributed by atoms with van der Waals surface area (Å²) in [6, 6.07) is 7.13. The number of imidazole rings is 1. The zero-order valence-electron chi connectivity index (χ0n) is 18.0. The Hall–Kier alpha value is -2.90. The fraction of sp³-hybridized carbons (Fsp3) is 0.545. The first-order chi connectivity index (χ1) is 14.1. The monoisotopic (exact) mass is 411 g/mol. The Morgan fingerprint density at radius 1 is 1.27 bits per heavy atom. The van der Waals surface area contributed by atoms with Crippen molar-refractivity contribution in [2.24, 2.45) is 11.3 Å². The van der Waals surface area contributed by atoms with Crippen molar-refractivity contribution in [3.63, 3.8) is 0 Å². The highest BCUT2D eigenvalue weighted by Crippen LogP contribution is 2.46. The van der Waals surface area contributed by atoms with Gasteiger partial charge in [0.05, 0.1) is 11.0 Å². The Bertz CT molecular complexity index is 1030. The van der Waals surface area contributed by atoms with E-state index in [0.29, 0.717) is 31.3 Å². The molecule has 4 rings (SSSR count). The van der Waals surface area contributed by atoms with Gasteiger partial charge >= 0.3 is 6.03 Å². The van der Waals surface area contributed by atoms with Gasteiger partial charge in [-0.1, -0.05) is 32.9 Å². The molecule has 0 radical (unpaired) electrons. The number of hydrogen-bond acceptors (Lipinski definition) is 4. The van der Waals surface area contributed by atoms with Gasteiger partial charge in [0, 0.05) is 6.54 Å². The van der Waals surface area contributed by atoms with Crippen LogP contribution >= 0.6 is 0 Å². The first-order valence-corrected chi connectivity index (χ1v) is 10.5. The highest BCUT2D eigenvalue weighted by molar-refractivity contribution is 6.10. The minimum Gasteiger partial charge on any atom is -0.323 e. The number of benzene rings is 1. The fourth-order valence-electron chi connectivity index (χ4n) is 5.45. The molecule has 1 aliphatic heterocycles. The molecule has 160 valence electrons. The van der Waals surface area contributed by atoms with E-state index in [0.717, 1.165) is 22.4 Å². The maximum Gasteiger partial charge on any atom is 0.325 e. The van der Waals surface area contributed by atoms with E-state index in [4.69, 9.17) is 0 Å². The van der Waals surface area contributed by atoms with Gasteiger partial charge in [0.1, 0.15) is 12.1 Å². The van der Waals surface area contributed by atoms with Crippen LogP contribution in [-0.4, -0.2) is 44.4 Å². The lowest BCUT2D eigenvalue weighted by atomic mass is 9.64. The average Bonchev–Trinajstić information content (AvgIpc) is 3.09. The van der Waals surface area contributed by atoms with Gasteiger partial charge in [-0.15, -0.1) is 0 Å². The van der Waals surface area contributed by atoms with Crippen LogP contribution in [0.15, 0.2) is 24.3 Å². The molecular weight excluding hydrogens is 382 g/mol. The zero-order chi connectivity index (χ0) is 21.7. The SMILES string of the molecule is CCn1c(NC(=O)CN2C(=O)NC3(CC(C)CC(C)(C)C3)C2=O)nc2ccccc21. The number of amides is 4. The van der Waals surface area contributed by atoms with Gasteiger partial charge < -0.3 is 9.88 Å². The summed E-state index contributed by atoms with van der Waals surface area (Å²) in [6.45, 7) is 8.62. The molecule has 1 aliphatic carbocycles. The lowest BCUT2D eigenvalue weighted by Gasteiger charge is -2.43. The van der Waals surface area contributed by atoms with Crippen LogP contribution < -0.4 is 10.6 Å². The van der Waals surface area contributed by atoms with Crippen molar-refractivity contribution >= 4 is 34.8 Å². The third-order valence-corrected chi connectivity index (χ3v) is 6.15. The van der Waals surface area contributed by atoms with Crippen molar-refractivity contribution in [2.75, 3.05) is 11.9 Å². The molecule has 2 fully saturated rings. The molecule has 2 aromatic rings. The van der Waals surface area contributed by atoms with Crippen molar-refractivity contribution in [1.29, 1.82) is 0 Å². The molecule has 2 heterocycles. The number of carbonyl (C=O) groups is 3. The van der Waals surface area contributed by atoms with E-state index in [1.165, 1.54) is 0 Å². The first kappa shape index (κ1) is 20.4. The van der Waals surface area contributed by atoms with Gasteiger partial charge in [-0.25, -0.2) is 9.78 Å². The molecule has 1 spiro atoms. The molecule has 8 heteroatoms. The summed E-state index contributed by atoms with van der Waals surface area (Å²) in [5.41, 5.74) is 0.740. The van der Waals surface area contributed by atoms with E-state index < -0.39 is 17.5 Å². The first-order valence-electron chi connectivity index (χ1n) is 10.5. The van der Waals surface area contributed by atoms with Crippen molar-refractivity contribution in [1.82, 2.24) is 19.8 Å². The standard InChI is InChI=1S/C22H29N5O3/c1-5-26-16-9-7-6-8-15(16)23-19(26)24-17(28)12-27-18(29)22(25-20(27)30)11-14(2)10-21(3,4)13-22/h6-9,14H,5,10-13H2,1-4H3,(H,25,30)(H,23,24,28). The Kier molecular flexibility index (Phi) is 4.83. The van der Waals surface area contributed by atoms with Gasteiger partial charge in [-0.2, -0.15) is 0 Å². The van der Waals surface area contributed by atoms with Crippen LogP contribution in [0.4, 0.5) is 10.7 Å². The minimum absolute atomic E-state index is 0.0507. The van der Waals surface area contributed by atoms with Crippen molar-refractivity contribution in [3.8, 4) is 0 Å². The van der Waals surface area contributed by atoms with Crippen molar-refractivity contribution < 1.29 is 14.4 Å². The third kappa shape index (κ3) is 3.44. The summed E-state index contributed by atoms with van der Waals surface area (Å²) < 4.78 is 1.89. The number of fused-ring (bicyclic) bond motifs is 1. The molecule has 2 atom stereocenters. The predicted octanol–water partition coefficient (Wildman–Crippen LogP) is 3.13. The van der Waals surface area contributed by atoms with Gasteiger partial charge in [0.25, 0.3) is 5.91 Å². The normalized spacial score (nSPS) is 25.7. The number of rotatable bonds is 4. The van der Waals surface area contributed by atoms with E-state index >= 15 is 0 Å². The summed E-state index contributed by atoms with van der Waals surface area (Å²) in [5.74, 6) is -0.0101. The van der Waals surface area contributed by atoms with E-state index in [2.05, 4.69) is 36.4 Å². The van der Waals surface area contributed by atoms with Crippen LogP contribution in [-0.2, 0) is 16.1 Å². The molecule has 0 bridgehead atoms. The molecule has 8 nitrogen and oxygen atoms in total. The second-order valence-electron chi connectivity index (χ2n) is 9.47. The molecule has 2 unspecified atom stereocenters. The van der Waals surface area contributed by atoms with Gasteiger partial charge in [-0.05, 0) is 49.7 Å². The molecule has 30 heavy (non-hydrogen) atoms. The summed E-state index contributed by atoms with van der Waals surface area (Å²) in [6.07, 6.45) is 2.19. The second kappa shape index (κ2) is 7.11. The van der Waals surface area contributed by atoms with Crippen LogP contribution in [0.25, 0.3) is 11.0 Å². The van der Waals surface area contributed by atoms with E-state index in [1.807, 2.05) is 35.8 Å². The van der Waals surface area contributed by atoms with Crippen molar-refractivity contribution in [2.45, 2.75) is 59.0 Å². The Labute approximate surface area is 176 Å². The highest BCUT2D eigenvalue weighted by Gasteiger charge is 2.56. The number of aromatic nitrogens is 2. The van der Waals surface area contributed by atoms with E-state index in [-0.39, 0.29) is 17.9 Å². The number of imide groups is 1. The van der Waals surface area contributed by atoms with Crippen LogP contribution in [0.2, 0.25) is 0 Å². The van der Waals surface area contributed by atoms with Crippen LogP contribution in [0.3, 0.4) is 0 Å². The number of hydrogen-bond donors (Lipinski definition) is 2. The largest absolute Gasteiger partial charge is 0.325 e. The molecular formula is C22H29N5O3. The maximum absolute atomic E-state index is 13.2. The van der Waals surface area contributed by atoms with E-state index in [1.54, 1.807) is 0 Å². The topological polar surface area (TPSA) is 96.3 Å². The maximum atomic E-state index is 13.2. The van der Waals surface area contributed by atoms with Gasteiger partial charge in [0.2, 0.25) is 11.9 Å². The van der Waals surface area contributed by atoms with Crippen LogP contribution in [0.5, 0.6) is 0 Å². The van der Waals surface area contributed by atoms with Gasteiger partial charge in [-0.3, -0.25) is 19.8 Å².